The zero-order valence-electron chi connectivity index (χ0n) is 11.2. The number of phenolic OH excluding ortho intramolecular Hbond substituents is 1. The highest BCUT2D eigenvalue weighted by Gasteiger charge is 2.23. The second kappa shape index (κ2) is 6.57. The van der Waals surface area contributed by atoms with Crippen molar-refractivity contribution in [3.05, 3.63) is 29.8 Å². The summed E-state index contributed by atoms with van der Waals surface area (Å²) < 4.78 is 0. The van der Waals surface area contributed by atoms with Gasteiger partial charge in [-0.25, -0.2) is 0 Å². The lowest BCUT2D eigenvalue weighted by molar-refractivity contribution is -0.132. The molecule has 4 heteroatoms. The molecule has 0 aliphatic carbocycles. The number of phenols is 1. The Hall–Kier alpha value is -1.55. The van der Waals surface area contributed by atoms with Gasteiger partial charge in [0.15, 0.2) is 0 Å². The Bertz CT molecular complexity index is 432. The first-order valence-electron chi connectivity index (χ1n) is 6.95. The van der Waals surface area contributed by atoms with Gasteiger partial charge in [-0.2, -0.15) is 0 Å². The number of benzene rings is 1. The van der Waals surface area contributed by atoms with Crippen molar-refractivity contribution in [2.24, 2.45) is 11.7 Å². The van der Waals surface area contributed by atoms with Crippen LogP contribution in [0.4, 0.5) is 0 Å². The summed E-state index contributed by atoms with van der Waals surface area (Å²) in [5.74, 6) is 0.907. The van der Waals surface area contributed by atoms with Gasteiger partial charge in [0.2, 0.25) is 5.91 Å². The van der Waals surface area contributed by atoms with Crippen LogP contribution in [0.15, 0.2) is 24.3 Å². The van der Waals surface area contributed by atoms with Crippen molar-refractivity contribution >= 4 is 5.91 Å². The van der Waals surface area contributed by atoms with Crippen LogP contribution in [0.5, 0.6) is 5.75 Å². The summed E-state index contributed by atoms with van der Waals surface area (Å²) in [5, 5.41) is 9.41. The molecule has 1 saturated heterocycles. The van der Waals surface area contributed by atoms with Crippen LogP contribution in [0, 0.1) is 5.92 Å². The smallest absolute Gasteiger partial charge is 0.227 e. The minimum Gasteiger partial charge on any atom is -0.508 e. The van der Waals surface area contributed by atoms with Crippen LogP contribution in [0.3, 0.4) is 0 Å². The molecule has 1 fully saturated rings. The van der Waals surface area contributed by atoms with Crippen LogP contribution in [0.2, 0.25) is 0 Å². The maximum absolute atomic E-state index is 12.2. The molecular weight excluding hydrogens is 240 g/mol. The molecule has 1 atom stereocenters. The molecule has 0 radical (unpaired) electrons. The predicted octanol–water partition coefficient (Wildman–Crippen LogP) is 1.52. The molecule has 0 saturated carbocycles. The molecule has 2 rings (SSSR count). The van der Waals surface area contributed by atoms with E-state index in [0.717, 1.165) is 31.5 Å². The lowest BCUT2D eigenvalue weighted by Crippen LogP contribution is -2.41. The third kappa shape index (κ3) is 3.96. The van der Waals surface area contributed by atoms with Crippen molar-refractivity contribution in [3.8, 4) is 5.75 Å². The molecule has 1 amide bonds. The Balaban J connectivity index is 1.92. The van der Waals surface area contributed by atoms with Gasteiger partial charge in [0, 0.05) is 13.1 Å². The number of carbonyl (C=O) groups is 1. The number of piperidine rings is 1. The third-order valence-electron chi connectivity index (χ3n) is 3.71. The van der Waals surface area contributed by atoms with E-state index in [1.165, 1.54) is 6.42 Å². The van der Waals surface area contributed by atoms with E-state index in [2.05, 4.69) is 0 Å². The van der Waals surface area contributed by atoms with Crippen LogP contribution in [0.25, 0.3) is 0 Å². The Kier molecular flexibility index (Phi) is 4.80. The maximum Gasteiger partial charge on any atom is 0.227 e. The minimum absolute atomic E-state index is 0.146. The average Bonchev–Trinajstić information content (AvgIpc) is 2.39. The van der Waals surface area contributed by atoms with Gasteiger partial charge in [0.1, 0.15) is 5.75 Å². The van der Waals surface area contributed by atoms with Gasteiger partial charge in [-0.1, -0.05) is 12.1 Å². The van der Waals surface area contributed by atoms with E-state index in [4.69, 9.17) is 5.73 Å². The van der Waals surface area contributed by atoms with Gasteiger partial charge in [-0.15, -0.1) is 0 Å². The fourth-order valence-electron chi connectivity index (χ4n) is 2.72. The summed E-state index contributed by atoms with van der Waals surface area (Å²) in [6.45, 7) is 2.37. The quantitative estimate of drug-likeness (QED) is 0.864. The molecule has 1 heterocycles. The Morgan fingerprint density at radius 3 is 3.05 bits per heavy atom. The number of nitrogens with two attached hydrogens (primary N) is 1. The van der Waals surface area contributed by atoms with Gasteiger partial charge < -0.3 is 15.7 Å². The Labute approximate surface area is 114 Å². The summed E-state index contributed by atoms with van der Waals surface area (Å²) in [4.78, 5) is 14.2. The highest BCUT2D eigenvalue weighted by atomic mass is 16.3. The van der Waals surface area contributed by atoms with Crippen molar-refractivity contribution in [1.29, 1.82) is 0 Å². The van der Waals surface area contributed by atoms with Crippen LogP contribution in [-0.2, 0) is 11.2 Å². The van der Waals surface area contributed by atoms with Crippen LogP contribution in [-0.4, -0.2) is 35.5 Å². The SMILES string of the molecule is NCCC1CCCN(C(=O)Cc2cccc(O)c2)C1. The second-order valence-corrected chi connectivity index (χ2v) is 5.27. The molecule has 1 aromatic rings. The van der Waals surface area contributed by atoms with Crippen LogP contribution >= 0.6 is 0 Å². The molecule has 0 bridgehead atoms. The number of nitrogens with zero attached hydrogens (tertiary/aromatic N) is 1. The molecular formula is C15H22N2O2. The number of likely N-dealkylation sites (tertiary alicyclic amines) is 1. The van der Waals surface area contributed by atoms with E-state index in [-0.39, 0.29) is 11.7 Å². The molecule has 19 heavy (non-hydrogen) atoms. The lowest BCUT2D eigenvalue weighted by Gasteiger charge is -2.32. The molecule has 0 aromatic heterocycles. The van der Waals surface area contributed by atoms with Crippen molar-refractivity contribution in [2.45, 2.75) is 25.7 Å². The topological polar surface area (TPSA) is 66.6 Å². The third-order valence-corrected chi connectivity index (χ3v) is 3.71. The fraction of sp³-hybridized carbons (Fsp3) is 0.533. The second-order valence-electron chi connectivity index (χ2n) is 5.27. The molecule has 4 nitrogen and oxygen atoms in total. The Morgan fingerprint density at radius 1 is 1.47 bits per heavy atom. The molecule has 1 aromatic carbocycles. The molecule has 1 aliphatic rings. The monoisotopic (exact) mass is 262 g/mol. The summed E-state index contributed by atoms with van der Waals surface area (Å²) in [6.07, 6.45) is 3.60. The standard InChI is InChI=1S/C15H22N2O2/c16-7-6-12-4-2-8-17(11-12)15(19)10-13-3-1-5-14(18)9-13/h1,3,5,9,12,18H,2,4,6-8,10-11,16H2. The number of aromatic hydroxyl groups is 1. The first-order chi connectivity index (χ1) is 9.19. The van der Waals surface area contributed by atoms with Crippen molar-refractivity contribution in [3.63, 3.8) is 0 Å². The highest BCUT2D eigenvalue weighted by Crippen LogP contribution is 2.20. The van der Waals surface area contributed by atoms with E-state index >= 15 is 0 Å². The molecule has 1 aliphatic heterocycles. The van der Waals surface area contributed by atoms with Crippen LogP contribution in [0.1, 0.15) is 24.8 Å². The summed E-state index contributed by atoms with van der Waals surface area (Å²) in [5.41, 5.74) is 6.46. The number of rotatable bonds is 4. The van der Waals surface area contributed by atoms with Gasteiger partial charge in [-0.05, 0) is 49.4 Å². The zero-order chi connectivity index (χ0) is 13.7. The van der Waals surface area contributed by atoms with Gasteiger partial charge in [0.05, 0.1) is 6.42 Å². The normalized spacial score (nSPS) is 19.4. The van der Waals surface area contributed by atoms with E-state index in [1.54, 1.807) is 18.2 Å². The van der Waals surface area contributed by atoms with E-state index in [0.29, 0.717) is 18.9 Å². The van der Waals surface area contributed by atoms with E-state index in [9.17, 15) is 9.90 Å². The van der Waals surface area contributed by atoms with Crippen molar-refractivity contribution in [2.75, 3.05) is 19.6 Å². The largest absolute Gasteiger partial charge is 0.508 e. The summed E-state index contributed by atoms with van der Waals surface area (Å²) in [7, 11) is 0. The van der Waals surface area contributed by atoms with Crippen molar-refractivity contribution < 1.29 is 9.90 Å². The Morgan fingerprint density at radius 2 is 2.32 bits per heavy atom. The van der Waals surface area contributed by atoms with E-state index < -0.39 is 0 Å². The first-order valence-corrected chi connectivity index (χ1v) is 6.95. The number of hydrogen-bond donors (Lipinski definition) is 2. The molecule has 0 spiro atoms. The highest BCUT2D eigenvalue weighted by molar-refractivity contribution is 5.79. The molecule has 1 unspecified atom stereocenters. The number of hydrogen-bond acceptors (Lipinski definition) is 3. The van der Waals surface area contributed by atoms with Gasteiger partial charge in [0.25, 0.3) is 0 Å². The predicted molar refractivity (Wildman–Crippen MR) is 74.8 cm³/mol. The molecule has 104 valence electrons. The average molecular weight is 262 g/mol. The van der Waals surface area contributed by atoms with Crippen molar-refractivity contribution in [1.82, 2.24) is 4.90 Å². The number of carbonyl (C=O) groups excluding carboxylic acids is 1. The van der Waals surface area contributed by atoms with Crippen LogP contribution < -0.4 is 5.73 Å². The minimum atomic E-state index is 0.146. The first kappa shape index (κ1) is 13.9. The number of amides is 1. The van der Waals surface area contributed by atoms with Gasteiger partial charge >= 0.3 is 0 Å². The fourth-order valence-corrected chi connectivity index (χ4v) is 2.72. The zero-order valence-corrected chi connectivity index (χ0v) is 11.2. The molecule has 3 N–H and O–H groups in total. The summed E-state index contributed by atoms with van der Waals surface area (Å²) in [6, 6.07) is 6.91. The maximum atomic E-state index is 12.2. The lowest BCUT2D eigenvalue weighted by atomic mass is 9.94. The van der Waals surface area contributed by atoms with Gasteiger partial charge in [-0.3, -0.25) is 4.79 Å². The summed E-state index contributed by atoms with van der Waals surface area (Å²) >= 11 is 0. The van der Waals surface area contributed by atoms with E-state index in [1.807, 2.05) is 11.0 Å².